The summed E-state index contributed by atoms with van der Waals surface area (Å²) < 4.78 is 6.40. The molecule has 0 unspecified atom stereocenters. The van der Waals surface area contributed by atoms with Crippen LogP contribution in [0.4, 0.5) is 17.1 Å². The molecule has 0 spiro atoms. The van der Waals surface area contributed by atoms with Crippen molar-refractivity contribution in [2.45, 2.75) is 0 Å². The number of hydrogen-bond donors (Lipinski definition) is 0. The fraction of sp³-hybridized carbons (Fsp3) is 0. The average Bonchev–Trinajstić information content (AvgIpc) is 3.52. The van der Waals surface area contributed by atoms with Gasteiger partial charge in [0.15, 0.2) is 0 Å². The molecule has 9 rings (SSSR count). The van der Waals surface area contributed by atoms with Crippen molar-refractivity contribution in [2.75, 3.05) is 4.90 Å². The molecule has 8 aromatic carbocycles. The van der Waals surface area contributed by atoms with E-state index < -0.39 is 0 Å². The Balaban J connectivity index is 1.27. The maximum Gasteiger partial charge on any atom is 0.143 e. The van der Waals surface area contributed by atoms with Crippen molar-refractivity contribution in [2.24, 2.45) is 0 Å². The first-order valence-electron chi connectivity index (χ1n) is 15.7. The molecule has 2 heteroatoms. The molecule has 0 aliphatic heterocycles. The van der Waals surface area contributed by atoms with Gasteiger partial charge in [0.05, 0.1) is 11.4 Å². The minimum absolute atomic E-state index is 0.911. The Morgan fingerprint density at radius 3 is 1.83 bits per heavy atom. The van der Waals surface area contributed by atoms with E-state index in [2.05, 4.69) is 169 Å². The lowest BCUT2D eigenvalue weighted by Crippen LogP contribution is -2.12. The number of para-hydroxylation sites is 3. The van der Waals surface area contributed by atoms with E-state index in [1.807, 2.05) is 12.1 Å². The second-order valence-electron chi connectivity index (χ2n) is 11.7. The number of anilines is 3. The normalized spacial score (nSPS) is 11.5. The van der Waals surface area contributed by atoms with Gasteiger partial charge in [-0.2, -0.15) is 0 Å². The number of fused-ring (bicyclic) bond motifs is 6. The molecule has 0 aliphatic carbocycles. The van der Waals surface area contributed by atoms with Gasteiger partial charge in [-0.15, -0.1) is 0 Å². The molecule has 0 radical (unpaired) electrons. The summed E-state index contributed by atoms with van der Waals surface area (Å²) in [6.45, 7) is 0. The Morgan fingerprint density at radius 2 is 0.978 bits per heavy atom. The lowest BCUT2D eigenvalue weighted by molar-refractivity contribution is 0.670. The van der Waals surface area contributed by atoms with Gasteiger partial charge in [0.1, 0.15) is 11.2 Å². The van der Waals surface area contributed by atoms with Gasteiger partial charge in [0, 0.05) is 33.0 Å². The Labute approximate surface area is 267 Å². The van der Waals surface area contributed by atoms with Crippen molar-refractivity contribution in [3.63, 3.8) is 0 Å². The predicted molar refractivity (Wildman–Crippen MR) is 194 cm³/mol. The third kappa shape index (κ3) is 4.27. The molecule has 0 fully saturated rings. The molecule has 0 saturated carbocycles. The van der Waals surface area contributed by atoms with Crippen LogP contribution >= 0.6 is 0 Å². The lowest BCUT2D eigenvalue weighted by atomic mass is 9.97. The van der Waals surface area contributed by atoms with Crippen LogP contribution in [0.3, 0.4) is 0 Å². The van der Waals surface area contributed by atoms with Crippen LogP contribution in [-0.2, 0) is 0 Å². The second-order valence-corrected chi connectivity index (χ2v) is 11.7. The highest BCUT2D eigenvalue weighted by Gasteiger charge is 2.21. The SMILES string of the molecule is c1ccc(-c2ccccc2N(c2ccc(-c3cccc4c3oc3ccccc34)cc2)c2cc3ccccc3c3ccccc23)cc1. The zero-order valence-electron chi connectivity index (χ0n) is 25.1. The summed E-state index contributed by atoms with van der Waals surface area (Å²) >= 11 is 0. The van der Waals surface area contributed by atoms with Gasteiger partial charge in [-0.3, -0.25) is 0 Å². The van der Waals surface area contributed by atoms with Gasteiger partial charge in [0.2, 0.25) is 0 Å². The van der Waals surface area contributed by atoms with Gasteiger partial charge >= 0.3 is 0 Å². The number of hydrogen-bond acceptors (Lipinski definition) is 2. The first-order valence-corrected chi connectivity index (χ1v) is 15.7. The Hall–Kier alpha value is -6.12. The number of rotatable bonds is 5. The molecule has 216 valence electrons. The van der Waals surface area contributed by atoms with Crippen LogP contribution in [0.25, 0.3) is 65.7 Å². The summed E-state index contributed by atoms with van der Waals surface area (Å²) in [6.07, 6.45) is 0. The first-order chi connectivity index (χ1) is 22.8. The summed E-state index contributed by atoms with van der Waals surface area (Å²) in [7, 11) is 0. The molecule has 1 heterocycles. The Bertz CT molecular complexity index is 2530. The third-order valence-corrected chi connectivity index (χ3v) is 9.06. The highest BCUT2D eigenvalue weighted by atomic mass is 16.3. The largest absolute Gasteiger partial charge is 0.455 e. The van der Waals surface area contributed by atoms with E-state index in [9.17, 15) is 0 Å². The van der Waals surface area contributed by atoms with E-state index in [4.69, 9.17) is 4.42 Å². The van der Waals surface area contributed by atoms with Crippen molar-refractivity contribution in [3.8, 4) is 22.3 Å². The molecular weight excluding hydrogens is 558 g/mol. The molecule has 46 heavy (non-hydrogen) atoms. The smallest absolute Gasteiger partial charge is 0.143 e. The second kappa shape index (κ2) is 10.8. The summed E-state index contributed by atoms with van der Waals surface area (Å²) in [6, 6.07) is 62.7. The fourth-order valence-corrected chi connectivity index (χ4v) is 6.92. The molecular formula is C44H29NO. The van der Waals surface area contributed by atoms with Crippen molar-refractivity contribution >= 4 is 60.5 Å². The molecule has 2 nitrogen and oxygen atoms in total. The topological polar surface area (TPSA) is 16.4 Å². The van der Waals surface area contributed by atoms with Crippen molar-refractivity contribution in [3.05, 3.63) is 176 Å². The summed E-state index contributed by atoms with van der Waals surface area (Å²) in [5, 5.41) is 7.20. The van der Waals surface area contributed by atoms with Crippen molar-refractivity contribution < 1.29 is 4.42 Å². The standard InChI is InChI=1S/C44H29NO/c1-2-13-30(14-3-1)35-17-8-10-23-41(35)45(42-29-32-15-4-5-16-34(32)37-18-6-7-19-38(37)42)33-27-25-31(26-28-33)36-21-12-22-40-39-20-9-11-24-43(39)46-44(36)40/h1-29H. The van der Waals surface area contributed by atoms with E-state index in [0.717, 1.165) is 50.1 Å². The summed E-state index contributed by atoms with van der Waals surface area (Å²) in [5.41, 5.74) is 9.76. The molecule has 0 amide bonds. The maximum absolute atomic E-state index is 6.40. The van der Waals surface area contributed by atoms with Crippen LogP contribution < -0.4 is 4.90 Å². The Kier molecular flexibility index (Phi) is 6.17. The monoisotopic (exact) mass is 587 g/mol. The zero-order chi connectivity index (χ0) is 30.5. The van der Waals surface area contributed by atoms with Crippen LogP contribution in [0.15, 0.2) is 180 Å². The van der Waals surface area contributed by atoms with E-state index in [0.29, 0.717) is 0 Å². The van der Waals surface area contributed by atoms with Crippen LogP contribution in [0, 0.1) is 0 Å². The zero-order valence-corrected chi connectivity index (χ0v) is 25.1. The van der Waals surface area contributed by atoms with E-state index in [1.54, 1.807) is 0 Å². The summed E-state index contributed by atoms with van der Waals surface area (Å²) in [4.78, 5) is 2.42. The Morgan fingerprint density at radius 1 is 0.370 bits per heavy atom. The highest BCUT2D eigenvalue weighted by Crippen LogP contribution is 2.46. The maximum atomic E-state index is 6.40. The van der Waals surface area contributed by atoms with Crippen LogP contribution in [0.1, 0.15) is 0 Å². The predicted octanol–water partition coefficient (Wildman–Crippen LogP) is 12.7. The molecule has 0 bridgehead atoms. The van der Waals surface area contributed by atoms with Gasteiger partial charge in [-0.1, -0.05) is 146 Å². The molecule has 0 N–H and O–H groups in total. The summed E-state index contributed by atoms with van der Waals surface area (Å²) in [5.74, 6) is 0. The van der Waals surface area contributed by atoms with Crippen LogP contribution in [0.5, 0.6) is 0 Å². The number of benzene rings is 8. The van der Waals surface area contributed by atoms with Gasteiger partial charge in [0.25, 0.3) is 0 Å². The molecule has 1 aromatic heterocycles. The minimum atomic E-state index is 0.911. The van der Waals surface area contributed by atoms with E-state index in [-0.39, 0.29) is 0 Å². The molecule has 0 atom stereocenters. The van der Waals surface area contributed by atoms with Crippen LogP contribution in [0.2, 0.25) is 0 Å². The van der Waals surface area contributed by atoms with E-state index >= 15 is 0 Å². The average molecular weight is 588 g/mol. The third-order valence-electron chi connectivity index (χ3n) is 9.06. The molecule has 9 aromatic rings. The van der Waals surface area contributed by atoms with Gasteiger partial charge < -0.3 is 9.32 Å². The first kappa shape index (κ1) is 26.3. The van der Waals surface area contributed by atoms with E-state index in [1.165, 1.54) is 32.7 Å². The van der Waals surface area contributed by atoms with Gasteiger partial charge in [-0.25, -0.2) is 0 Å². The number of nitrogens with zero attached hydrogens (tertiary/aromatic N) is 1. The quantitative estimate of drug-likeness (QED) is 0.186. The van der Waals surface area contributed by atoms with Gasteiger partial charge in [-0.05, 0) is 57.6 Å². The molecule has 0 aliphatic rings. The van der Waals surface area contributed by atoms with Crippen molar-refractivity contribution in [1.82, 2.24) is 0 Å². The minimum Gasteiger partial charge on any atom is -0.455 e. The van der Waals surface area contributed by atoms with Crippen LogP contribution in [-0.4, -0.2) is 0 Å². The highest BCUT2D eigenvalue weighted by molar-refractivity contribution is 6.15. The number of furan rings is 1. The van der Waals surface area contributed by atoms with Crippen molar-refractivity contribution in [1.29, 1.82) is 0 Å². The fourth-order valence-electron chi connectivity index (χ4n) is 6.92. The lowest BCUT2D eigenvalue weighted by Gasteiger charge is -2.29. The molecule has 0 saturated heterocycles.